The third-order valence-electron chi connectivity index (χ3n) is 4.10. The molecule has 134 valence electrons. The Hall–Kier alpha value is -3.45. The summed E-state index contributed by atoms with van der Waals surface area (Å²) in [7, 11) is 0. The lowest BCUT2D eigenvalue weighted by atomic mass is 9.99. The van der Waals surface area contributed by atoms with E-state index in [1.54, 1.807) is 35.7 Å². The van der Waals surface area contributed by atoms with E-state index in [4.69, 9.17) is 4.74 Å². The van der Waals surface area contributed by atoms with Crippen LogP contribution in [-0.2, 0) is 11.2 Å². The fourth-order valence-electron chi connectivity index (χ4n) is 2.72. The SMILES string of the molecule is O=C1Oc2ccccc2C(=O)/C1=C/Cc1nc(-c2ccc(O)c(O)c2)cs1. The van der Waals surface area contributed by atoms with Crippen molar-refractivity contribution in [3.8, 4) is 28.5 Å². The van der Waals surface area contributed by atoms with Crippen molar-refractivity contribution < 1.29 is 24.5 Å². The summed E-state index contributed by atoms with van der Waals surface area (Å²) in [5, 5.41) is 21.5. The van der Waals surface area contributed by atoms with Crippen LogP contribution in [-0.4, -0.2) is 26.9 Å². The number of fused-ring (bicyclic) bond motifs is 1. The Morgan fingerprint density at radius 1 is 1.07 bits per heavy atom. The molecule has 0 saturated carbocycles. The van der Waals surface area contributed by atoms with Gasteiger partial charge in [-0.05, 0) is 30.3 Å². The number of para-hydroxylation sites is 1. The van der Waals surface area contributed by atoms with Gasteiger partial charge in [0.2, 0.25) is 5.78 Å². The number of phenols is 2. The number of esters is 1. The number of hydrogen-bond donors (Lipinski definition) is 2. The second kappa shape index (κ2) is 6.69. The van der Waals surface area contributed by atoms with Crippen LogP contribution in [0.25, 0.3) is 11.3 Å². The summed E-state index contributed by atoms with van der Waals surface area (Å²) in [5.74, 6) is -1.18. The second-order valence-electron chi connectivity index (χ2n) is 5.87. The van der Waals surface area contributed by atoms with E-state index in [0.717, 1.165) is 0 Å². The third kappa shape index (κ3) is 3.20. The highest BCUT2D eigenvalue weighted by Crippen LogP contribution is 2.31. The number of hydrogen-bond acceptors (Lipinski definition) is 7. The van der Waals surface area contributed by atoms with Crippen LogP contribution in [0.2, 0.25) is 0 Å². The van der Waals surface area contributed by atoms with Gasteiger partial charge in [-0.1, -0.05) is 18.2 Å². The van der Waals surface area contributed by atoms with Gasteiger partial charge in [-0.15, -0.1) is 11.3 Å². The summed E-state index contributed by atoms with van der Waals surface area (Å²) in [5.41, 5.74) is 1.64. The van der Waals surface area contributed by atoms with E-state index < -0.39 is 5.97 Å². The molecule has 6 nitrogen and oxygen atoms in total. The Bertz CT molecular complexity index is 1100. The molecule has 4 rings (SSSR count). The first kappa shape index (κ1) is 17.0. The lowest BCUT2D eigenvalue weighted by Gasteiger charge is -2.16. The summed E-state index contributed by atoms with van der Waals surface area (Å²) in [4.78, 5) is 29.1. The molecule has 0 fully saturated rings. The topological polar surface area (TPSA) is 96.7 Å². The summed E-state index contributed by atoms with van der Waals surface area (Å²) >= 11 is 1.37. The Labute approximate surface area is 158 Å². The largest absolute Gasteiger partial charge is 0.504 e. The molecule has 0 radical (unpaired) electrons. The van der Waals surface area contributed by atoms with E-state index in [-0.39, 0.29) is 28.6 Å². The number of aromatic nitrogens is 1. The minimum Gasteiger partial charge on any atom is -0.504 e. The number of benzene rings is 2. The normalized spacial score (nSPS) is 14.9. The number of carbonyl (C=O) groups is 2. The molecule has 1 aliphatic heterocycles. The maximum Gasteiger partial charge on any atom is 0.347 e. The van der Waals surface area contributed by atoms with Crippen molar-refractivity contribution >= 4 is 23.1 Å². The van der Waals surface area contributed by atoms with Crippen molar-refractivity contribution in [1.82, 2.24) is 4.98 Å². The zero-order chi connectivity index (χ0) is 19.0. The zero-order valence-corrected chi connectivity index (χ0v) is 14.7. The Kier molecular flexibility index (Phi) is 4.21. The molecule has 2 N–H and O–H groups in total. The van der Waals surface area contributed by atoms with E-state index in [2.05, 4.69) is 4.98 Å². The van der Waals surface area contributed by atoms with Crippen LogP contribution in [0, 0.1) is 0 Å². The third-order valence-corrected chi connectivity index (χ3v) is 4.97. The molecule has 0 spiro atoms. The van der Waals surface area contributed by atoms with Crippen LogP contribution in [0.4, 0.5) is 0 Å². The maximum atomic E-state index is 12.5. The number of allylic oxidation sites excluding steroid dienone is 1. The molecule has 1 aliphatic rings. The van der Waals surface area contributed by atoms with E-state index >= 15 is 0 Å². The van der Waals surface area contributed by atoms with Crippen molar-refractivity contribution in [2.24, 2.45) is 0 Å². The molecule has 0 unspecified atom stereocenters. The molecular formula is C20H13NO5S. The van der Waals surface area contributed by atoms with Gasteiger partial charge in [-0.2, -0.15) is 0 Å². The van der Waals surface area contributed by atoms with Gasteiger partial charge in [0.05, 0.1) is 16.3 Å². The van der Waals surface area contributed by atoms with Crippen LogP contribution >= 0.6 is 11.3 Å². The van der Waals surface area contributed by atoms with E-state index in [1.807, 2.05) is 0 Å². The van der Waals surface area contributed by atoms with E-state index in [0.29, 0.717) is 28.2 Å². The molecule has 27 heavy (non-hydrogen) atoms. The van der Waals surface area contributed by atoms with E-state index in [9.17, 15) is 19.8 Å². The molecule has 0 saturated heterocycles. The van der Waals surface area contributed by atoms with Gasteiger partial charge < -0.3 is 14.9 Å². The summed E-state index contributed by atoms with van der Waals surface area (Å²) < 4.78 is 5.21. The first-order valence-electron chi connectivity index (χ1n) is 8.06. The Morgan fingerprint density at radius 2 is 1.89 bits per heavy atom. The standard InChI is InChI=1S/C20H13NO5S/c22-15-7-5-11(9-16(15)23)14-10-27-18(21-14)8-6-13-19(24)12-3-1-2-4-17(12)26-20(13)25/h1-7,9-10,22-23H,8H2/b13-6-. The van der Waals surface area contributed by atoms with Crippen molar-refractivity contribution in [3.63, 3.8) is 0 Å². The number of aromatic hydroxyl groups is 2. The molecule has 1 aromatic heterocycles. The van der Waals surface area contributed by atoms with Crippen molar-refractivity contribution in [1.29, 1.82) is 0 Å². The van der Waals surface area contributed by atoms with Crippen LogP contribution in [0.3, 0.4) is 0 Å². The number of Topliss-reactive ketones (excluding diaryl/α,β-unsaturated/α-hetero) is 1. The monoisotopic (exact) mass is 379 g/mol. The molecule has 2 aromatic carbocycles. The number of phenolic OH excluding ortho intramolecular Hbond substituents is 2. The average Bonchev–Trinajstić information content (AvgIpc) is 3.13. The minimum atomic E-state index is -0.668. The predicted octanol–water partition coefficient (Wildman–Crippen LogP) is 3.49. The predicted molar refractivity (Wildman–Crippen MR) is 99.1 cm³/mol. The fraction of sp³-hybridized carbons (Fsp3) is 0.0500. The molecule has 0 atom stereocenters. The van der Waals surface area contributed by atoms with Crippen molar-refractivity contribution in [2.45, 2.75) is 6.42 Å². The molecule has 2 heterocycles. The van der Waals surface area contributed by atoms with Gasteiger partial charge in [-0.25, -0.2) is 9.78 Å². The molecule has 7 heteroatoms. The van der Waals surface area contributed by atoms with Gasteiger partial charge in [0.25, 0.3) is 0 Å². The number of ether oxygens (including phenoxy) is 1. The van der Waals surface area contributed by atoms with Gasteiger partial charge in [-0.3, -0.25) is 4.79 Å². The number of ketones is 1. The summed E-state index contributed by atoms with van der Waals surface area (Å²) in [6.45, 7) is 0. The van der Waals surface area contributed by atoms with Crippen molar-refractivity contribution in [2.75, 3.05) is 0 Å². The molecule has 0 aliphatic carbocycles. The van der Waals surface area contributed by atoms with Crippen LogP contribution in [0.1, 0.15) is 15.4 Å². The van der Waals surface area contributed by atoms with Gasteiger partial charge in [0.1, 0.15) is 11.3 Å². The number of rotatable bonds is 3. The second-order valence-corrected chi connectivity index (χ2v) is 6.81. The van der Waals surface area contributed by atoms with Gasteiger partial charge in [0, 0.05) is 17.4 Å². The number of thiazole rings is 1. The quantitative estimate of drug-likeness (QED) is 0.238. The van der Waals surface area contributed by atoms with Gasteiger partial charge in [0.15, 0.2) is 11.5 Å². The van der Waals surface area contributed by atoms with E-state index in [1.165, 1.54) is 29.5 Å². The Morgan fingerprint density at radius 3 is 2.70 bits per heavy atom. The minimum absolute atomic E-state index is 0.00673. The average molecular weight is 379 g/mol. The Balaban J connectivity index is 1.57. The van der Waals surface area contributed by atoms with Crippen LogP contribution in [0.15, 0.2) is 59.5 Å². The van der Waals surface area contributed by atoms with Gasteiger partial charge >= 0.3 is 5.97 Å². The molecular weight excluding hydrogens is 366 g/mol. The molecule has 3 aromatic rings. The zero-order valence-electron chi connectivity index (χ0n) is 13.9. The lowest BCUT2D eigenvalue weighted by molar-refractivity contribution is -0.130. The lowest BCUT2D eigenvalue weighted by Crippen LogP contribution is -2.25. The van der Waals surface area contributed by atoms with Crippen LogP contribution < -0.4 is 4.74 Å². The molecule has 0 amide bonds. The van der Waals surface area contributed by atoms with Crippen LogP contribution in [0.5, 0.6) is 17.2 Å². The fourth-order valence-corrected chi connectivity index (χ4v) is 3.49. The highest BCUT2D eigenvalue weighted by Gasteiger charge is 2.30. The summed E-state index contributed by atoms with van der Waals surface area (Å²) in [6, 6.07) is 11.1. The molecule has 0 bridgehead atoms. The highest BCUT2D eigenvalue weighted by atomic mass is 32.1. The highest BCUT2D eigenvalue weighted by molar-refractivity contribution is 7.10. The first-order chi connectivity index (χ1) is 13.0. The first-order valence-corrected chi connectivity index (χ1v) is 8.93. The smallest absolute Gasteiger partial charge is 0.347 e. The maximum absolute atomic E-state index is 12.5. The van der Waals surface area contributed by atoms with Crippen molar-refractivity contribution in [3.05, 3.63) is 70.1 Å². The summed E-state index contributed by atoms with van der Waals surface area (Å²) in [6.07, 6.45) is 1.82. The number of nitrogens with zero attached hydrogens (tertiary/aromatic N) is 1. The number of carbonyl (C=O) groups excluding carboxylic acids is 2.